The van der Waals surface area contributed by atoms with Gasteiger partial charge in [0.15, 0.2) is 0 Å². The highest BCUT2D eigenvalue weighted by molar-refractivity contribution is 6.03. The summed E-state index contributed by atoms with van der Waals surface area (Å²) in [7, 11) is 0. The van der Waals surface area contributed by atoms with E-state index in [1.54, 1.807) is 36.4 Å². The first-order valence-corrected chi connectivity index (χ1v) is 9.72. The number of halogens is 1. The van der Waals surface area contributed by atoms with Crippen molar-refractivity contribution in [1.82, 2.24) is 20.1 Å². The minimum Gasteiger partial charge on any atom is -0.348 e. The molecule has 0 aliphatic rings. The molecule has 5 aromatic rings. The van der Waals surface area contributed by atoms with Crippen LogP contribution >= 0.6 is 0 Å². The Morgan fingerprint density at radius 2 is 1.81 bits per heavy atom. The second kappa shape index (κ2) is 7.53. The van der Waals surface area contributed by atoms with E-state index in [-0.39, 0.29) is 17.0 Å². The van der Waals surface area contributed by atoms with Crippen molar-refractivity contribution >= 4 is 27.7 Å². The number of nitrogens with zero attached hydrogens (tertiary/aromatic N) is 2. The van der Waals surface area contributed by atoms with Crippen LogP contribution in [0.2, 0.25) is 0 Å². The smallest absolute Gasteiger partial charge is 0.280 e. The number of fused-ring (bicyclic) bond motifs is 3. The molecule has 3 aromatic carbocycles. The Labute approximate surface area is 176 Å². The molecule has 6 nitrogen and oxygen atoms in total. The van der Waals surface area contributed by atoms with Gasteiger partial charge >= 0.3 is 0 Å². The molecule has 0 unspecified atom stereocenters. The summed E-state index contributed by atoms with van der Waals surface area (Å²) in [5.41, 5.74) is 2.28. The molecule has 7 heteroatoms. The fraction of sp³-hybridized carbons (Fsp3) is 0.0417. The molecule has 31 heavy (non-hydrogen) atoms. The highest BCUT2D eigenvalue weighted by Gasteiger charge is 2.15. The van der Waals surface area contributed by atoms with Gasteiger partial charge in [0.05, 0.1) is 16.6 Å². The highest BCUT2D eigenvalue weighted by atomic mass is 19.1. The molecular weight excluding hydrogens is 395 g/mol. The van der Waals surface area contributed by atoms with E-state index in [1.165, 1.54) is 16.9 Å². The minimum atomic E-state index is -0.454. The number of rotatable bonds is 4. The van der Waals surface area contributed by atoms with Crippen molar-refractivity contribution in [2.45, 2.75) is 6.54 Å². The van der Waals surface area contributed by atoms with E-state index in [2.05, 4.69) is 15.4 Å². The topological polar surface area (TPSA) is 79.8 Å². The third-order valence-electron chi connectivity index (χ3n) is 5.17. The van der Waals surface area contributed by atoms with Crippen LogP contribution in [-0.2, 0) is 6.54 Å². The average Bonchev–Trinajstić information content (AvgIpc) is 3.15. The third kappa shape index (κ3) is 3.36. The van der Waals surface area contributed by atoms with Gasteiger partial charge in [0.25, 0.3) is 11.5 Å². The number of carbonyl (C=O) groups is 1. The molecule has 0 aliphatic heterocycles. The van der Waals surface area contributed by atoms with E-state index >= 15 is 0 Å². The zero-order chi connectivity index (χ0) is 21.4. The predicted molar refractivity (Wildman–Crippen MR) is 117 cm³/mol. The Balaban J connectivity index is 1.51. The van der Waals surface area contributed by atoms with Crippen LogP contribution in [0, 0.1) is 5.82 Å². The summed E-state index contributed by atoms with van der Waals surface area (Å²) in [6, 6.07) is 21.0. The second-order valence-electron chi connectivity index (χ2n) is 7.15. The lowest BCUT2D eigenvalue weighted by atomic mass is 10.1. The van der Waals surface area contributed by atoms with Gasteiger partial charge < -0.3 is 5.32 Å². The molecule has 0 saturated carbocycles. The lowest BCUT2D eigenvalue weighted by Crippen LogP contribution is -2.23. The van der Waals surface area contributed by atoms with E-state index in [1.807, 2.05) is 30.3 Å². The predicted octanol–water partition coefficient (Wildman–Crippen LogP) is 3.94. The molecule has 2 aromatic heterocycles. The number of para-hydroxylation sites is 1. The molecule has 2 N–H and O–H groups in total. The molecular formula is C24H17FN4O2. The summed E-state index contributed by atoms with van der Waals surface area (Å²) in [5.74, 6) is -0.700. The molecule has 2 heterocycles. The Bertz CT molecular complexity index is 1490. The fourth-order valence-electron chi connectivity index (χ4n) is 3.60. The zero-order valence-electron chi connectivity index (χ0n) is 16.3. The monoisotopic (exact) mass is 412 g/mol. The van der Waals surface area contributed by atoms with Crippen LogP contribution in [0.1, 0.15) is 15.9 Å². The van der Waals surface area contributed by atoms with Crippen molar-refractivity contribution in [1.29, 1.82) is 0 Å². The van der Waals surface area contributed by atoms with Crippen LogP contribution in [0.25, 0.3) is 27.5 Å². The summed E-state index contributed by atoms with van der Waals surface area (Å²) < 4.78 is 15.4. The Hall–Kier alpha value is -4.26. The van der Waals surface area contributed by atoms with E-state index in [0.29, 0.717) is 34.1 Å². The number of hydrogen-bond donors (Lipinski definition) is 2. The van der Waals surface area contributed by atoms with Gasteiger partial charge in [-0.15, -0.1) is 0 Å². The van der Waals surface area contributed by atoms with Gasteiger partial charge in [0.1, 0.15) is 11.3 Å². The molecule has 0 bridgehead atoms. The first-order chi connectivity index (χ1) is 15.1. The Morgan fingerprint density at radius 3 is 2.65 bits per heavy atom. The Morgan fingerprint density at radius 1 is 1.00 bits per heavy atom. The van der Waals surface area contributed by atoms with Gasteiger partial charge in [-0.2, -0.15) is 0 Å². The molecule has 0 atom stereocenters. The standard InChI is InChI=1S/C24H17FN4O2/c25-20-11-5-10-18-21-19(14-26-22(18)20)24(31)29(28-21)17-9-4-8-16(12-17)23(30)27-13-15-6-2-1-3-7-15/h1-12,14,28H,13H2,(H,27,30). The van der Waals surface area contributed by atoms with E-state index in [0.717, 1.165) is 5.56 Å². The quantitative estimate of drug-likeness (QED) is 0.469. The number of benzene rings is 3. The minimum absolute atomic E-state index is 0.192. The molecule has 0 radical (unpaired) electrons. The number of H-pyrrole nitrogens is 1. The molecule has 5 rings (SSSR count). The molecule has 0 saturated heterocycles. The lowest BCUT2D eigenvalue weighted by molar-refractivity contribution is 0.0951. The first-order valence-electron chi connectivity index (χ1n) is 9.72. The van der Waals surface area contributed by atoms with Crippen LogP contribution in [0.5, 0.6) is 0 Å². The number of carbonyl (C=O) groups excluding carboxylic acids is 1. The molecule has 152 valence electrons. The largest absolute Gasteiger partial charge is 0.348 e. The van der Waals surface area contributed by atoms with Crippen LogP contribution in [0.15, 0.2) is 83.8 Å². The van der Waals surface area contributed by atoms with E-state index in [9.17, 15) is 14.0 Å². The first kappa shape index (κ1) is 18.7. The summed E-state index contributed by atoms with van der Waals surface area (Å²) >= 11 is 0. The van der Waals surface area contributed by atoms with Crippen molar-refractivity contribution in [3.8, 4) is 5.69 Å². The van der Waals surface area contributed by atoms with Gasteiger partial charge in [-0.3, -0.25) is 19.7 Å². The van der Waals surface area contributed by atoms with Gasteiger partial charge in [-0.25, -0.2) is 9.07 Å². The zero-order valence-corrected chi connectivity index (χ0v) is 16.3. The maximum atomic E-state index is 14.1. The van der Waals surface area contributed by atoms with Gasteiger partial charge in [0.2, 0.25) is 0 Å². The van der Waals surface area contributed by atoms with Crippen molar-refractivity contribution in [3.63, 3.8) is 0 Å². The lowest BCUT2D eigenvalue weighted by Gasteiger charge is -2.07. The van der Waals surface area contributed by atoms with Crippen LogP contribution in [0.4, 0.5) is 4.39 Å². The van der Waals surface area contributed by atoms with Gasteiger partial charge in [0, 0.05) is 23.7 Å². The summed E-state index contributed by atoms with van der Waals surface area (Å²) in [6.45, 7) is 0.402. The fourth-order valence-corrected chi connectivity index (χ4v) is 3.60. The van der Waals surface area contributed by atoms with Gasteiger partial charge in [-0.05, 0) is 29.8 Å². The number of aromatic nitrogens is 3. The molecule has 0 aliphatic carbocycles. The van der Waals surface area contributed by atoms with Crippen molar-refractivity contribution in [3.05, 3.63) is 106 Å². The number of pyridine rings is 1. The Kier molecular flexibility index (Phi) is 4.55. The van der Waals surface area contributed by atoms with Crippen molar-refractivity contribution < 1.29 is 9.18 Å². The number of amides is 1. The molecule has 0 fully saturated rings. The summed E-state index contributed by atoms with van der Waals surface area (Å²) in [4.78, 5) is 29.7. The number of hydrogen-bond acceptors (Lipinski definition) is 3. The summed E-state index contributed by atoms with van der Waals surface area (Å²) in [6.07, 6.45) is 1.37. The van der Waals surface area contributed by atoms with E-state index in [4.69, 9.17) is 0 Å². The average molecular weight is 412 g/mol. The van der Waals surface area contributed by atoms with Crippen molar-refractivity contribution in [2.75, 3.05) is 0 Å². The van der Waals surface area contributed by atoms with Gasteiger partial charge in [-0.1, -0.05) is 48.5 Å². The second-order valence-corrected chi connectivity index (χ2v) is 7.15. The third-order valence-corrected chi connectivity index (χ3v) is 5.17. The molecule has 0 spiro atoms. The number of nitrogens with one attached hydrogen (secondary N) is 2. The number of aromatic amines is 1. The summed E-state index contributed by atoms with van der Waals surface area (Å²) in [5, 5.41) is 6.78. The van der Waals surface area contributed by atoms with Crippen LogP contribution in [0.3, 0.4) is 0 Å². The van der Waals surface area contributed by atoms with Crippen LogP contribution in [-0.4, -0.2) is 20.7 Å². The highest BCUT2D eigenvalue weighted by Crippen LogP contribution is 2.23. The van der Waals surface area contributed by atoms with Crippen molar-refractivity contribution in [2.24, 2.45) is 0 Å². The maximum absolute atomic E-state index is 14.1. The van der Waals surface area contributed by atoms with Crippen LogP contribution < -0.4 is 10.9 Å². The SMILES string of the molecule is O=C(NCc1ccccc1)c1cccc(-n2[nH]c3c(cnc4c(F)cccc43)c2=O)c1. The normalized spacial score (nSPS) is 11.1. The van der Waals surface area contributed by atoms with E-state index < -0.39 is 5.82 Å². The maximum Gasteiger partial charge on any atom is 0.280 e. The molecule has 1 amide bonds.